The molecular formula is C22H18F4N6O2. The van der Waals surface area contributed by atoms with E-state index in [1.54, 1.807) is 30.6 Å². The van der Waals surface area contributed by atoms with E-state index in [0.29, 0.717) is 34.3 Å². The van der Waals surface area contributed by atoms with Gasteiger partial charge in [-0.15, -0.1) is 13.2 Å². The zero-order valence-electron chi connectivity index (χ0n) is 17.5. The minimum absolute atomic E-state index is 0.100. The molecule has 1 aliphatic heterocycles. The average Bonchev–Trinajstić information content (AvgIpc) is 2.76. The number of benzene rings is 1. The molecule has 0 atom stereocenters. The molecule has 176 valence electrons. The van der Waals surface area contributed by atoms with Crippen molar-refractivity contribution in [1.29, 1.82) is 5.41 Å². The largest absolute Gasteiger partial charge is 0.573 e. The number of H-pyrrole nitrogens is 1. The number of rotatable bonds is 4. The van der Waals surface area contributed by atoms with E-state index in [-0.39, 0.29) is 24.6 Å². The summed E-state index contributed by atoms with van der Waals surface area (Å²) in [6.45, 7) is -0.00472. The number of ether oxygens (including phenoxy) is 1. The maximum atomic E-state index is 14.3. The second-order valence-electron chi connectivity index (χ2n) is 7.46. The lowest BCUT2D eigenvalue weighted by molar-refractivity contribution is -0.274. The summed E-state index contributed by atoms with van der Waals surface area (Å²) in [6.07, 6.45) is -1.31. The number of hydrogen-bond donors (Lipinski definition) is 3. The lowest BCUT2D eigenvalue weighted by Crippen LogP contribution is -2.37. The van der Waals surface area contributed by atoms with Gasteiger partial charge in [0.15, 0.2) is 0 Å². The Balaban J connectivity index is 1.61. The molecule has 0 unspecified atom stereocenters. The summed E-state index contributed by atoms with van der Waals surface area (Å²) in [5.74, 6) is -2.11. The average molecular weight is 474 g/mol. The third kappa shape index (κ3) is 5.22. The van der Waals surface area contributed by atoms with Gasteiger partial charge >= 0.3 is 6.36 Å². The first-order chi connectivity index (χ1) is 16.1. The number of nitrogens with one attached hydrogen (secondary N) is 2. The van der Waals surface area contributed by atoms with Gasteiger partial charge in [0, 0.05) is 43.0 Å². The molecule has 0 aliphatic carbocycles. The number of nitrogens with two attached hydrogens (primary N) is 1. The zero-order valence-corrected chi connectivity index (χ0v) is 17.5. The standard InChI is InChI=1S/C22H18F4N6O2/c23-17-2-1-15(34-22(24,25)26)7-14(17)11-32-6-4-18-16(20(32)33)8-13(10-30-18)12-3-5-29-19(9-12)31-21(27)28/h1-3,5,7-10H,4,6,11H2,(H4,27,28,29,31). The van der Waals surface area contributed by atoms with Crippen LogP contribution in [0.25, 0.3) is 11.1 Å². The van der Waals surface area contributed by atoms with Crippen molar-refractivity contribution in [2.24, 2.45) is 10.7 Å². The van der Waals surface area contributed by atoms with Crippen LogP contribution >= 0.6 is 0 Å². The summed E-state index contributed by atoms with van der Waals surface area (Å²) in [4.78, 5) is 25.5. The van der Waals surface area contributed by atoms with E-state index in [0.717, 1.165) is 18.2 Å². The smallest absolute Gasteiger partial charge is 0.406 e. The number of fused-ring (bicyclic) bond motifs is 1. The highest BCUT2D eigenvalue weighted by Gasteiger charge is 2.32. The van der Waals surface area contributed by atoms with Crippen LogP contribution in [-0.4, -0.2) is 39.6 Å². The van der Waals surface area contributed by atoms with Crippen LogP contribution in [0.15, 0.2) is 53.8 Å². The number of aromatic amines is 1. The van der Waals surface area contributed by atoms with Crippen molar-refractivity contribution >= 4 is 11.9 Å². The van der Waals surface area contributed by atoms with Crippen molar-refractivity contribution in [2.45, 2.75) is 19.3 Å². The summed E-state index contributed by atoms with van der Waals surface area (Å²) in [6, 6.07) is 7.69. The molecule has 1 aromatic carbocycles. The monoisotopic (exact) mass is 474 g/mol. The molecular weight excluding hydrogens is 456 g/mol. The molecule has 0 saturated carbocycles. The fourth-order valence-electron chi connectivity index (χ4n) is 3.60. The number of hydrogen-bond acceptors (Lipinski definition) is 4. The van der Waals surface area contributed by atoms with Crippen LogP contribution in [0.1, 0.15) is 21.6 Å². The van der Waals surface area contributed by atoms with Crippen LogP contribution in [0.4, 0.5) is 17.6 Å². The van der Waals surface area contributed by atoms with Crippen LogP contribution in [-0.2, 0) is 13.0 Å². The Kier molecular flexibility index (Phi) is 6.05. The summed E-state index contributed by atoms with van der Waals surface area (Å²) >= 11 is 0. The quantitative estimate of drug-likeness (QED) is 0.306. The number of carbonyl (C=O) groups excluding carboxylic acids is 1. The van der Waals surface area contributed by atoms with E-state index in [9.17, 15) is 22.4 Å². The Morgan fingerprint density at radius 2 is 2.03 bits per heavy atom. The number of guanidine groups is 1. The van der Waals surface area contributed by atoms with Gasteiger partial charge in [0.05, 0.1) is 11.3 Å². The maximum Gasteiger partial charge on any atom is 0.573 e. The van der Waals surface area contributed by atoms with Crippen molar-refractivity contribution < 1.29 is 27.1 Å². The molecule has 3 heterocycles. The second kappa shape index (κ2) is 8.96. The third-order valence-electron chi connectivity index (χ3n) is 5.08. The molecule has 0 spiro atoms. The number of carbonyl (C=O) groups is 1. The van der Waals surface area contributed by atoms with E-state index in [1.165, 1.54) is 4.90 Å². The summed E-state index contributed by atoms with van der Waals surface area (Å²) in [5, 5.41) is 7.28. The van der Waals surface area contributed by atoms with Gasteiger partial charge in [0.1, 0.15) is 17.1 Å². The fraction of sp³-hybridized carbons (Fsp3) is 0.182. The van der Waals surface area contributed by atoms with Crippen LogP contribution in [0, 0.1) is 11.2 Å². The van der Waals surface area contributed by atoms with Gasteiger partial charge in [-0.1, -0.05) is 0 Å². The van der Waals surface area contributed by atoms with Gasteiger partial charge in [-0.3, -0.25) is 15.2 Å². The molecule has 34 heavy (non-hydrogen) atoms. The summed E-state index contributed by atoms with van der Waals surface area (Å²) in [7, 11) is 0. The minimum atomic E-state index is -4.91. The van der Waals surface area contributed by atoms with E-state index in [4.69, 9.17) is 11.1 Å². The lowest BCUT2D eigenvalue weighted by Gasteiger charge is -2.28. The first kappa shape index (κ1) is 23.0. The highest BCUT2D eigenvalue weighted by atomic mass is 19.4. The molecule has 0 saturated heterocycles. The van der Waals surface area contributed by atoms with Crippen molar-refractivity contribution in [3.63, 3.8) is 0 Å². The summed E-state index contributed by atoms with van der Waals surface area (Å²) < 4.78 is 55.7. The lowest BCUT2D eigenvalue weighted by atomic mass is 9.99. The van der Waals surface area contributed by atoms with Crippen LogP contribution in [0.5, 0.6) is 5.75 Å². The second-order valence-corrected chi connectivity index (χ2v) is 7.46. The zero-order chi connectivity index (χ0) is 24.5. The Morgan fingerprint density at radius 3 is 2.76 bits per heavy atom. The van der Waals surface area contributed by atoms with Gasteiger partial charge in [-0.05, 0) is 42.0 Å². The molecule has 1 aliphatic rings. The van der Waals surface area contributed by atoms with Gasteiger partial charge in [-0.25, -0.2) is 4.39 Å². The summed E-state index contributed by atoms with van der Waals surface area (Å²) in [5.41, 5.74) is 7.68. The fourth-order valence-corrected chi connectivity index (χ4v) is 3.60. The van der Waals surface area contributed by atoms with Crippen molar-refractivity contribution in [1.82, 2.24) is 14.9 Å². The number of aromatic nitrogens is 2. The maximum absolute atomic E-state index is 14.3. The Labute approximate surface area is 190 Å². The number of pyridine rings is 2. The molecule has 4 rings (SSSR count). The van der Waals surface area contributed by atoms with Crippen LogP contribution < -0.4 is 16.0 Å². The predicted molar refractivity (Wildman–Crippen MR) is 113 cm³/mol. The van der Waals surface area contributed by atoms with Crippen LogP contribution in [0.3, 0.4) is 0 Å². The third-order valence-corrected chi connectivity index (χ3v) is 5.08. The van der Waals surface area contributed by atoms with E-state index >= 15 is 0 Å². The molecule has 0 radical (unpaired) electrons. The molecule has 1 amide bonds. The van der Waals surface area contributed by atoms with Crippen LogP contribution in [0.2, 0.25) is 0 Å². The van der Waals surface area contributed by atoms with Gasteiger partial charge < -0.3 is 20.4 Å². The molecule has 2 aromatic heterocycles. The number of alkyl halides is 3. The molecule has 4 N–H and O–H groups in total. The van der Waals surface area contributed by atoms with E-state index < -0.39 is 23.8 Å². The topological polar surface area (TPSA) is 120 Å². The Hall–Kier alpha value is -4.22. The minimum Gasteiger partial charge on any atom is -0.406 e. The molecule has 0 fully saturated rings. The predicted octanol–water partition coefficient (Wildman–Crippen LogP) is 3.11. The normalized spacial score (nSPS) is 14.2. The Morgan fingerprint density at radius 1 is 1.24 bits per heavy atom. The van der Waals surface area contributed by atoms with Crippen molar-refractivity contribution in [3.8, 4) is 16.9 Å². The van der Waals surface area contributed by atoms with Crippen molar-refractivity contribution in [2.75, 3.05) is 6.54 Å². The molecule has 12 heteroatoms. The molecule has 8 nitrogen and oxygen atoms in total. The SMILES string of the molecule is N=C(N)/N=c1/cc(-c2cnc3c(c2)C(=O)N(Cc2cc(OC(F)(F)F)ccc2F)CC3)cc[nH]1. The van der Waals surface area contributed by atoms with Gasteiger partial charge in [0.25, 0.3) is 5.91 Å². The number of nitrogens with zero attached hydrogens (tertiary/aromatic N) is 3. The highest BCUT2D eigenvalue weighted by Crippen LogP contribution is 2.28. The van der Waals surface area contributed by atoms with Gasteiger partial charge in [-0.2, -0.15) is 4.99 Å². The molecule has 3 aromatic rings. The van der Waals surface area contributed by atoms with E-state index in [2.05, 4.69) is 19.7 Å². The first-order valence-electron chi connectivity index (χ1n) is 9.99. The van der Waals surface area contributed by atoms with E-state index in [1.807, 2.05) is 0 Å². The van der Waals surface area contributed by atoms with Crippen molar-refractivity contribution in [3.05, 3.63) is 76.9 Å². The number of amides is 1. The first-order valence-corrected chi connectivity index (χ1v) is 9.99. The highest BCUT2D eigenvalue weighted by molar-refractivity contribution is 5.97. The molecule has 0 bridgehead atoms. The number of halogens is 4. The van der Waals surface area contributed by atoms with Gasteiger partial charge in [0.2, 0.25) is 5.96 Å². The Bertz CT molecular complexity index is 1340.